The van der Waals surface area contributed by atoms with Crippen molar-refractivity contribution in [3.05, 3.63) is 82.9 Å². The zero-order valence-electron chi connectivity index (χ0n) is 17.5. The number of non-ortho nitro benzene ring substituents is 1. The molecular formula is C22H22N4O6S. The maximum absolute atomic E-state index is 11.0. The summed E-state index contributed by atoms with van der Waals surface area (Å²) in [6, 6.07) is 18.8. The van der Waals surface area contributed by atoms with Gasteiger partial charge in [0.15, 0.2) is 0 Å². The lowest BCUT2D eigenvalue weighted by atomic mass is 10.3. The molecule has 0 heterocycles. The molecule has 0 aliphatic rings. The Bertz CT molecular complexity index is 1200. The lowest BCUT2D eigenvalue weighted by Gasteiger charge is -2.08. The number of anilines is 1. The number of hydrogen-bond donors (Lipinski definition) is 2. The monoisotopic (exact) mass is 470 g/mol. The maximum Gasteiger partial charge on any atom is 0.294 e. The first kappa shape index (κ1) is 23.8. The number of nitro groups is 1. The van der Waals surface area contributed by atoms with E-state index in [0.29, 0.717) is 30.3 Å². The summed E-state index contributed by atoms with van der Waals surface area (Å²) in [6.07, 6.45) is 1.67. The molecule has 0 amide bonds. The second kappa shape index (κ2) is 11.2. The molecule has 0 unspecified atom stereocenters. The zero-order valence-corrected chi connectivity index (χ0v) is 18.3. The predicted octanol–water partition coefficient (Wildman–Crippen LogP) is 5.53. The van der Waals surface area contributed by atoms with Gasteiger partial charge in [0.25, 0.3) is 15.8 Å². The SMILES string of the molecule is O=[N+]([O-])c1ccc(N=Nc2ccc(OCCCCNc3ccc(S(=O)(=O)O)cc3)cc2)cc1. The Balaban J connectivity index is 1.36. The summed E-state index contributed by atoms with van der Waals surface area (Å²) < 4.78 is 36.7. The van der Waals surface area contributed by atoms with Crippen LogP contribution < -0.4 is 10.1 Å². The number of azo groups is 1. The van der Waals surface area contributed by atoms with E-state index < -0.39 is 15.0 Å². The van der Waals surface area contributed by atoms with Crippen LogP contribution in [0.15, 0.2) is 87.9 Å². The highest BCUT2D eigenvalue weighted by Crippen LogP contribution is 2.23. The van der Waals surface area contributed by atoms with Crippen LogP contribution in [0, 0.1) is 10.1 Å². The van der Waals surface area contributed by atoms with Gasteiger partial charge in [0, 0.05) is 24.4 Å². The van der Waals surface area contributed by atoms with Crippen molar-refractivity contribution in [2.75, 3.05) is 18.5 Å². The standard InChI is InChI=1S/C22H22N4O6S/c27-26(28)20-9-3-18(4-10-20)24-25-19-5-11-21(12-6-19)32-16-2-1-15-23-17-7-13-22(14-8-17)33(29,30)31/h3-14,23H,1-2,15-16H2,(H,29,30,31). The number of ether oxygens (including phenoxy) is 1. The van der Waals surface area contributed by atoms with E-state index in [0.717, 1.165) is 18.5 Å². The van der Waals surface area contributed by atoms with Crippen LogP contribution in [-0.2, 0) is 10.1 Å². The molecule has 3 aromatic rings. The van der Waals surface area contributed by atoms with E-state index in [1.807, 2.05) is 0 Å². The molecule has 0 aromatic heterocycles. The molecule has 0 aliphatic carbocycles. The van der Waals surface area contributed by atoms with Crippen LogP contribution in [0.4, 0.5) is 22.7 Å². The van der Waals surface area contributed by atoms with Gasteiger partial charge in [0.1, 0.15) is 5.75 Å². The second-order valence-electron chi connectivity index (χ2n) is 6.95. The lowest BCUT2D eigenvalue weighted by molar-refractivity contribution is -0.384. The smallest absolute Gasteiger partial charge is 0.294 e. The summed E-state index contributed by atoms with van der Waals surface area (Å²) in [6.45, 7) is 1.23. The molecule has 0 fully saturated rings. The van der Waals surface area contributed by atoms with Gasteiger partial charge in [-0.2, -0.15) is 18.6 Å². The van der Waals surface area contributed by atoms with Crippen molar-refractivity contribution < 1.29 is 22.6 Å². The van der Waals surface area contributed by atoms with Crippen LogP contribution >= 0.6 is 0 Å². The highest BCUT2D eigenvalue weighted by molar-refractivity contribution is 7.85. The number of rotatable bonds is 11. The lowest BCUT2D eigenvalue weighted by Crippen LogP contribution is -2.05. The van der Waals surface area contributed by atoms with Gasteiger partial charge in [-0.15, -0.1) is 0 Å². The number of unbranched alkanes of at least 4 members (excludes halogenated alkanes) is 1. The molecule has 10 nitrogen and oxygen atoms in total. The first-order valence-corrected chi connectivity index (χ1v) is 11.5. The zero-order chi connectivity index (χ0) is 23.7. The van der Waals surface area contributed by atoms with Crippen molar-refractivity contribution >= 4 is 32.9 Å². The van der Waals surface area contributed by atoms with Gasteiger partial charge in [-0.3, -0.25) is 14.7 Å². The number of nitro benzene ring substituents is 1. The minimum absolute atomic E-state index is 0.000522. The van der Waals surface area contributed by atoms with Crippen molar-refractivity contribution in [2.45, 2.75) is 17.7 Å². The minimum Gasteiger partial charge on any atom is -0.494 e. The van der Waals surface area contributed by atoms with E-state index in [1.54, 1.807) is 36.4 Å². The number of benzene rings is 3. The van der Waals surface area contributed by atoms with Gasteiger partial charge in [-0.05, 0) is 73.5 Å². The van der Waals surface area contributed by atoms with E-state index in [-0.39, 0.29) is 10.6 Å². The second-order valence-corrected chi connectivity index (χ2v) is 8.37. The topological polar surface area (TPSA) is 143 Å². The highest BCUT2D eigenvalue weighted by Gasteiger charge is 2.08. The molecule has 0 saturated carbocycles. The summed E-state index contributed by atoms with van der Waals surface area (Å²) in [7, 11) is -4.18. The fourth-order valence-corrected chi connectivity index (χ4v) is 3.24. The molecule has 3 rings (SSSR count). The number of hydrogen-bond acceptors (Lipinski definition) is 8. The third kappa shape index (κ3) is 7.66. The van der Waals surface area contributed by atoms with Crippen molar-refractivity contribution in [1.29, 1.82) is 0 Å². The molecule has 0 bridgehead atoms. The minimum atomic E-state index is -4.18. The highest BCUT2D eigenvalue weighted by atomic mass is 32.2. The third-order valence-corrected chi connectivity index (χ3v) is 5.37. The van der Waals surface area contributed by atoms with Crippen LogP contribution in [0.1, 0.15) is 12.8 Å². The fraction of sp³-hybridized carbons (Fsp3) is 0.182. The van der Waals surface area contributed by atoms with Gasteiger partial charge < -0.3 is 10.1 Å². The quantitative estimate of drug-likeness (QED) is 0.123. The third-order valence-electron chi connectivity index (χ3n) is 4.50. The van der Waals surface area contributed by atoms with Gasteiger partial charge in [-0.1, -0.05) is 0 Å². The normalized spacial score (nSPS) is 11.4. The molecule has 0 spiro atoms. The summed E-state index contributed by atoms with van der Waals surface area (Å²) in [4.78, 5) is 10.1. The average Bonchev–Trinajstić information content (AvgIpc) is 2.80. The summed E-state index contributed by atoms with van der Waals surface area (Å²) in [5, 5.41) is 22.0. The molecule has 0 radical (unpaired) electrons. The maximum atomic E-state index is 11.0. The van der Waals surface area contributed by atoms with Gasteiger partial charge in [0.2, 0.25) is 0 Å². The van der Waals surface area contributed by atoms with Crippen LogP contribution in [0.5, 0.6) is 5.75 Å². The van der Waals surface area contributed by atoms with Gasteiger partial charge in [0.05, 0.1) is 27.8 Å². The molecular weight excluding hydrogens is 448 g/mol. The van der Waals surface area contributed by atoms with Crippen LogP contribution in [0.2, 0.25) is 0 Å². The van der Waals surface area contributed by atoms with Crippen molar-refractivity contribution in [3.8, 4) is 5.75 Å². The Morgan fingerprint density at radius 2 is 1.45 bits per heavy atom. The Kier molecular flexibility index (Phi) is 8.06. The Labute approximate surface area is 190 Å². The van der Waals surface area contributed by atoms with E-state index in [9.17, 15) is 18.5 Å². The molecule has 3 aromatic carbocycles. The summed E-state index contributed by atoms with van der Waals surface area (Å²) in [5.74, 6) is 0.707. The van der Waals surface area contributed by atoms with E-state index >= 15 is 0 Å². The number of nitrogens with zero attached hydrogens (tertiary/aromatic N) is 3. The van der Waals surface area contributed by atoms with Crippen LogP contribution in [0.25, 0.3) is 0 Å². The fourth-order valence-electron chi connectivity index (χ4n) is 2.76. The largest absolute Gasteiger partial charge is 0.494 e. The van der Waals surface area contributed by atoms with Gasteiger partial charge in [-0.25, -0.2) is 0 Å². The Hall–Kier alpha value is -3.83. The first-order valence-electron chi connectivity index (χ1n) is 10.0. The van der Waals surface area contributed by atoms with Crippen LogP contribution in [-0.4, -0.2) is 31.0 Å². The Morgan fingerprint density at radius 1 is 0.879 bits per heavy atom. The first-order chi connectivity index (χ1) is 15.8. The van der Waals surface area contributed by atoms with E-state index in [1.165, 1.54) is 36.4 Å². The molecule has 0 atom stereocenters. The molecule has 11 heteroatoms. The molecule has 172 valence electrons. The molecule has 33 heavy (non-hydrogen) atoms. The average molecular weight is 471 g/mol. The Morgan fingerprint density at radius 3 is 2.00 bits per heavy atom. The van der Waals surface area contributed by atoms with Crippen molar-refractivity contribution in [3.63, 3.8) is 0 Å². The summed E-state index contributed by atoms with van der Waals surface area (Å²) >= 11 is 0. The molecule has 0 aliphatic heterocycles. The van der Waals surface area contributed by atoms with E-state index in [2.05, 4.69) is 15.5 Å². The van der Waals surface area contributed by atoms with Crippen molar-refractivity contribution in [1.82, 2.24) is 0 Å². The van der Waals surface area contributed by atoms with E-state index in [4.69, 9.17) is 9.29 Å². The summed E-state index contributed by atoms with van der Waals surface area (Å²) in [5.41, 5.74) is 1.91. The predicted molar refractivity (Wildman–Crippen MR) is 123 cm³/mol. The van der Waals surface area contributed by atoms with Crippen molar-refractivity contribution in [2.24, 2.45) is 10.2 Å². The molecule has 2 N–H and O–H groups in total. The number of nitrogens with one attached hydrogen (secondary N) is 1. The van der Waals surface area contributed by atoms with Crippen LogP contribution in [0.3, 0.4) is 0 Å². The van der Waals surface area contributed by atoms with Gasteiger partial charge >= 0.3 is 0 Å². The molecule has 0 saturated heterocycles.